The predicted molar refractivity (Wildman–Crippen MR) is 107 cm³/mol. The van der Waals surface area contributed by atoms with Crippen LogP contribution < -0.4 is 0 Å². The molecule has 0 heterocycles. The zero-order chi connectivity index (χ0) is 25.0. The Morgan fingerprint density at radius 2 is 0.794 bits per heavy atom. The van der Waals surface area contributed by atoms with Gasteiger partial charge in [-0.15, -0.1) is 0 Å². The highest BCUT2D eigenvalue weighted by Crippen LogP contribution is 2.48. The minimum absolute atomic E-state index is 0.189. The first kappa shape index (κ1) is 23.6. The lowest BCUT2D eigenvalue weighted by molar-refractivity contribution is -0.0828. The molecule has 176 valence electrons. The minimum atomic E-state index is -5.74. The number of halogens is 10. The molecule has 0 aliphatic heterocycles. The van der Waals surface area contributed by atoms with Gasteiger partial charge in [-0.05, 0) is 47.5 Å². The van der Waals surface area contributed by atoms with Crippen LogP contribution in [0, 0.1) is 23.3 Å². The smallest absolute Gasteiger partial charge is 0.206 e. The van der Waals surface area contributed by atoms with Crippen LogP contribution in [0.25, 0.3) is 32.7 Å². The van der Waals surface area contributed by atoms with Gasteiger partial charge in [-0.2, -0.15) is 26.3 Å². The lowest BCUT2D eigenvalue weighted by atomic mass is 9.90. The Morgan fingerprint density at radius 1 is 0.441 bits per heavy atom. The molecule has 0 radical (unpaired) electrons. The Morgan fingerprint density at radius 3 is 1.12 bits per heavy atom. The van der Waals surface area contributed by atoms with E-state index in [2.05, 4.69) is 0 Å². The van der Waals surface area contributed by atoms with Gasteiger partial charge in [0.25, 0.3) is 0 Å². The molecule has 0 unspecified atom stereocenters. The van der Waals surface area contributed by atoms with Crippen molar-refractivity contribution < 1.29 is 43.9 Å². The van der Waals surface area contributed by atoms with Gasteiger partial charge >= 0.3 is 12.4 Å². The van der Waals surface area contributed by atoms with Crippen LogP contribution in [-0.4, -0.2) is 12.4 Å². The highest BCUT2D eigenvalue weighted by atomic mass is 19.4. The number of benzene rings is 4. The number of alkyl halides is 6. The first-order valence-corrected chi connectivity index (χ1v) is 9.44. The van der Waals surface area contributed by atoms with Crippen molar-refractivity contribution in [2.45, 2.75) is 12.4 Å². The number of hydrogen-bond donors (Lipinski definition) is 0. The summed E-state index contributed by atoms with van der Waals surface area (Å²) in [6, 6.07) is 7.08. The quantitative estimate of drug-likeness (QED) is 0.196. The molecule has 0 atom stereocenters. The third-order valence-corrected chi connectivity index (χ3v) is 5.18. The second-order valence-corrected chi connectivity index (χ2v) is 7.33. The van der Waals surface area contributed by atoms with E-state index in [1.54, 1.807) is 0 Å². The molecule has 0 nitrogen and oxygen atoms in total. The van der Waals surface area contributed by atoms with Crippen LogP contribution in [0.4, 0.5) is 43.9 Å². The molecular formula is C24H10F10. The van der Waals surface area contributed by atoms with Crippen LogP contribution in [0.2, 0.25) is 0 Å². The van der Waals surface area contributed by atoms with E-state index in [-0.39, 0.29) is 12.1 Å². The lowest BCUT2D eigenvalue weighted by Gasteiger charge is -2.22. The van der Waals surface area contributed by atoms with Crippen molar-refractivity contribution in [2.24, 2.45) is 0 Å². The minimum Gasteiger partial charge on any atom is -0.206 e. The highest BCUT2D eigenvalue weighted by molar-refractivity contribution is 6.00. The summed E-state index contributed by atoms with van der Waals surface area (Å²) in [4.78, 5) is 0. The Balaban J connectivity index is 2.16. The highest BCUT2D eigenvalue weighted by Gasteiger charge is 2.47. The van der Waals surface area contributed by atoms with E-state index < -0.39 is 79.4 Å². The summed E-state index contributed by atoms with van der Waals surface area (Å²) in [5.74, 6) is -5.11. The summed E-state index contributed by atoms with van der Waals surface area (Å²) in [6.07, 6.45) is -11.5. The maximum absolute atomic E-state index is 14.5. The average Bonchev–Trinajstić information content (AvgIpc) is 2.71. The Kier molecular flexibility index (Phi) is 5.58. The van der Waals surface area contributed by atoms with Crippen molar-refractivity contribution in [1.29, 1.82) is 0 Å². The van der Waals surface area contributed by atoms with E-state index >= 15 is 0 Å². The zero-order valence-corrected chi connectivity index (χ0v) is 16.6. The van der Waals surface area contributed by atoms with Crippen LogP contribution >= 0.6 is 0 Å². The van der Waals surface area contributed by atoms with Crippen LogP contribution in [-0.2, 0) is 0 Å². The SMILES string of the molecule is Fc1cc(C(=C(c2cc(F)c3cccc(F)c3c2)C(F)(F)F)C(F)(F)F)cc2c(F)cccc12. The van der Waals surface area contributed by atoms with Crippen molar-refractivity contribution in [3.63, 3.8) is 0 Å². The standard InChI is InChI=1S/C24H10F10/c25-17-5-1-3-13-15(17)7-11(9-19(13)27)21(23(29,30)31)22(24(32,33)34)12-8-16-14(20(28)10-12)4-2-6-18(16)26/h1-10H. The molecule has 10 heteroatoms. The van der Waals surface area contributed by atoms with E-state index in [0.29, 0.717) is 12.1 Å². The number of rotatable bonds is 2. The number of hydrogen-bond acceptors (Lipinski definition) is 0. The van der Waals surface area contributed by atoms with Crippen LogP contribution in [0.3, 0.4) is 0 Å². The van der Waals surface area contributed by atoms with Gasteiger partial charge in [0.2, 0.25) is 0 Å². The van der Waals surface area contributed by atoms with Crippen molar-refractivity contribution in [1.82, 2.24) is 0 Å². The molecule has 0 amide bonds. The molecule has 0 aliphatic carbocycles. The van der Waals surface area contributed by atoms with E-state index in [0.717, 1.165) is 36.4 Å². The zero-order valence-electron chi connectivity index (χ0n) is 16.6. The molecule has 0 spiro atoms. The molecule has 0 aliphatic rings. The van der Waals surface area contributed by atoms with E-state index in [1.807, 2.05) is 0 Å². The first-order valence-electron chi connectivity index (χ1n) is 9.44. The van der Waals surface area contributed by atoms with Gasteiger partial charge in [-0.3, -0.25) is 0 Å². The van der Waals surface area contributed by atoms with Gasteiger partial charge in [-0.1, -0.05) is 24.3 Å². The largest absolute Gasteiger partial charge is 0.417 e. The number of allylic oxidation sites excluding steroid dienone is 2. The van der Waals surface area contributed by atoms with E-state index in [9.17, 15) is 43.9 Å². The summed E-state index contributed by atoms with van der Waals surface area (Å²) >= 11 is 0. The van der Waals surface area contributed by atoms with Crippen LogP contribution in [0.15, 0.2) is 60.7 Å². The van der Waals surface area contributed by atoms with Crippen LogP contribution in [0.5, 0.6) is 0 Å². The number of fused-ring (bicyclic) bond motifs is 2. The van der Waals surface area contributed by atoms with E-state index in [1.165, 1.54) is 0 Å². The van der Waals surface area contributed by atoms with Gasteiger partial charge in [0.1, 0.15) is 23.3 Å². The average molecular weight is 488 g/mol. The van der Waals surface area contributed by atoms with Crippen molar-refractivity contribution in [3.05, 3.63) is 95.1 Å². The summed E-state index contributed by atoms with van der Waals surface area (Å²) in [6.45, 7) is 0. The monoisotopic (exact) mass is 488 g/mol. The third-order valence-electron chi connectivity index (χ3n) is 5.18. The normalized spacial score (nSPS) is 13.5. The molecular weight excluding hydrogens is 478 g/mol. The summed E-state index contributed by atoms with van der Waals surface area (Å²) in [7, 11) is 0. The lowest BCUT2D eigenvalue weighted by Crippen LogP contribution is -2.21. The first-order chi connectivity index (χ1) is 15.8. The molecule has 4 aromatic rings. The summed E-state index contributed by atoms with van der Waals surface area (Å²) in [5, 5.41) is -2.26. The van der Waals surface area contributed by atoms with Gasteiger partial charge in [0.15, 0.2) is 0 Å². The second-order valence-electron chi connectivity index (χ2n) is 7.33. The topological polar surface area (TPSA) is 0 Å². The van der Waals surface area contributed by atoms with Gasteiger partial charge < -0.3 is 0 Å². The van der Waals surface area contributed by atoms with Gasteiger partial charge in [-0.25, -0.2) is 17.6 Å². The Hall–Kier alpha value is -3.56. The summed E-state index contributed by atoms with van der Waals surface area (Å²) < 4.78 is 142. The molecule has 0 N–H and O–H groups in total. The molecule has 4 rings (SSSR count). The molecule has 0 saturated heterocycles. The summed E-state index contributed by atoms with van der Waals surface area (Å²) in [5.41, 5.74) is -7.41. The fraction of sp³-hybridized carbons (Fsp3) is 0.0833. The molecule has 0 fully saturated rings. The van der Waals surface area contributed by atoms with Gasteiger partial charge in [0, 0.05) is 21.5 Å². The molecule has 4 aromatic carbocycles. The Labute approximate surface area is 184 Å². The molecule has 0 aromatic heterocycles. The molecule has 0 bridgehead atoms. The van der Waals surface area contributed by atoms with Crippen molar-refractivity contribution >= 4 is 32.7 Å². The van der Waals surface area contributed by atoms with Crippen molar-refractivity contribution in [2.75, 3.05) is 0 Å². The van der Waals surface area contributed by atoms with E-state index in [4.69, 9.17) is 0 Å². The third kappa shape index (κ3) is 4.08. The van der Waals surface area contributed by atoms with Crippen molar-refractivity contribution in [3.8, 4) is 0 Å². The van der Waals surface area contributed by atoms with Gasteiger partial charge in [0.05, 0.1) is 11.1 Å². The maximum atomic E-state index is 14.5. The maximum Gasteiger partial charge on any atom is 0.417 e. The molecule has 0 saturated carbocycles. The Bertz CT molecular complexity index is 1350. The predicted octanol–water partition coefficient (Wildman–Crippen LogP) is 8.58. The van der Waals surface area contributed by atoms with Crippen LogP contribution in [0.1, 0.15) is 11.1 Å². The fourth-order valence-corrected chi connectivity index (χ4v) is 3.80. The second kappa shape index (κ2) is 8.03. The molecule has 34 heavy (non-hydrogen) atoms. The fourth-order valence-electron chi connectivity index (χ4n) is 3.80.